The van der Waals surface area contributed by atoms with Crippen molar-refractivity contribution < 1.29 is 9.53 Å². The molecule has 1 heterocycles. The molecule has 3 aromatic rings. The second-order valence-corrected chi connectivity index (χ2v) is 6.36. The third-order valence-electron chi connectivity index (χ3n) is 4.08. The van der Waals surface area contributed by atoms with Crippen LogP contribution in [-0.4, -0.2) is 23.2 Å². The third-order valence-corrected chi connectivity index (χ3v) is 4.08. The summed E-state index contributed by atoms with van der Waals surface area (Å²) in [7, 11) is 1.56. The molecule has 0 aliphatic heterocycles. The molecular formula is C21H22N4O2. The number of methoxy groups -OCH3 is 1. The average Bonchev–Trinajstić information content (AvgIpc) is 2.69. The fourth-order valence-corrected chi connectivity index (χ4v) is 2.67. The number of nitrogens with one attached hydrogen (secondary N) is 2. The first-order chi connectivity index (χ1) is 13.1. The van der Waals surface area contributed by atoms with Crippen LogP contribution in [0.2, 0.25) is 0 Å². The van der Waals surface area contributed by atoms with E-state index in [4.69, 9.17) is 4.74 Å². The number of hydrogen-bond acceptors (Lipinski definition) is 5. The van der Waals surface area contributed by atoms with Crippen LogP contribution in [0.4, 0.5) is 17.3 Å². The lowest BCUT2D eigenvalue weighted by Crippen LogP contribution is -2.13. The van der Waals surface area contributed by atoms with Gasteiger partial charge in [0.15, 0.2) is 11.6 Å². The van der Waals surface area contributed by atoms with Gasteiger partial charge < -0.3 is 15.4 Å². The molecule has 0 saturated heterocycles. The van der Waals surface area contributed by atoms with Gasteiger partial charge in [-0.1, -0.05) is 38.1 Å². The third kappa shape index (κ3) is 4.61. The van der Waals surface area contributed by atoms with Gasteiger partial charge >= 0.3 is 0 Å². The predicted octanol–water partition coefficient (Wildman–Crippen LogP) is 4.60. The highest BCUT2D eigenvalue weighted by Crippen LogP contribution is 2.26. The van der Waals surface area contributed by atoms with Gasteiger partial charge in [-0.2, -0.15) is 0 Å². The van der Waals surface area contributed by atoms with Crippen molar-refractivity contribution in [3.63, 3.8) is 0 Å². The van der Waals surface area contributed by atoms with Gasteiger partial charge in [0, 0.05) is 11.3 Å². The van der Waals surface area contributed by atoms with Crippen molar-refractivity contribution in [1.29, 1.82) is 0 Å². The van der Waals surface area contributed by atoms with Crippen LogP contribution in [0.25, 0.3) is 0 Å². The van der Waals surface area contributed by atoms with Crippen LogP contribution in [0.1, 0.15) is 35.7 Å². The number of carbonyl (C=O) groups excluding carboxylic acids is 1. The highest BCUT2D eigenvalue weighted by Gasteiger charge is 2.10. The summed E-state index contributed by atoms with van der Waals surface area (Å²) < 4.78 is 5.14. The zero-order valence-electron chi connectivity index (χ0n) is 15.6. The number of nitrogens with zero attached hydrogens (tertiary/aromatic N) is 2. The standard InChI is InChI=1S/C21H22N4O2/c1-14(2)17-9-4-5-10-18(17)22-19-11-12-20(25-24-19)23-21(26)15-7-6-8-16(13-15)27-3/h4-14H,1-3H3,(H,22,24)(H,23,25,26). The van der Waals surface area contributed by atoms with E-state index in [-0.39, 0.29) is 5.91 Å². The second-order valence-electron chi connectivity index (χ2n) is 6.36. The minimum Gasteiger partial charge on any atom is -0.497 e. The number of aromatic nitrogens is 2. The average molecular weight is 362 g/mol. The molecule has 2 aromatic carbocycles. The first-order valence-corrected chi connectivity index (χ1v) is 8.72. The molecule has 6 heteroatoms. The van der Waals surface area contributed by atoms with Gasteiger partial charge in [0.25, 0.3) is 5.91 Å². The Kier molecular flexibility index (Phi) is 5.66. The smallest absolute Gasteiger partial charge is 0.256 e. The minimum atomic E-state index is -0.269. The molecule has 3 rings (SSSR count). The monoisotopic (exact) mass is 362 g/mol. The van der Waals surface area contributed by atoms with Gasteiger partial charge in [0.1, 0.15) is 5.75 Å². The number of carbonyl (C=O) groups is 1. The van der Waals surface area contributed by atoms with E-state index in [1.54, 1.807) is 43.5 Å². The molecule has 0 bridgehead atoms. The maximum Gasteiger partial charge on any atom is 0.256 e. The SMILES string of the molecule is COc1cccc(C(=O)Nc2ccc(Nc3ccccc3C(C)C)nn2)c1. The highest BCUT2D eigenvalue weighted by molar-refractivity contribution is 6.04. The molecule has 0 aliphatic rings. The van der Waals surface area contributed by atoms with Gasteiger partial charge in [0.2, 0.25) is 0 Å². The first kappa shape index (κ1) is 18.4. The Hall–Kier alpha value is -3.41. The number of benzene rings is 2. The maximum absolute atomic E-state index is 12.3. The lowest BCUT2D eigenvalue weighted by molar-refractivity contribution is 0.102. The molecule has 0 unspecified atom stereocenters. The summed E-state index contributed by atoms with van der Waals surface area (Å²) in [6.45, 7) is 4.28. The van der Waals surface area contributed by atoms with Gasteiger partial charge in [-0.25, -0.2) is 0 Å². The van der Waals surface area contributed by atoms with E-state index in [9.17, 15) is 4.79 Å². The summed E-state index contributed by atoms with van der Waals surface area (Å²) in [6, 6.07) is 18.5. The Bertz CT molecular complexity index is 923. The molecule has 2 N–H and O–H groups in total. The van der Waals surface area contributed by atoms with E-state index < -0.39 is 0 Å². The molecule has 0 aliphatic carbocycles. The summed E-state index contributed by atoms with van der Waals surface area (Å²) >= 11 is 0. The van der Waals surface area contributed by atoms with Crippen LogP contribution in [0.15, 0.2) is 60.7 Å². The van der Waals surface area contributed by atoms with E-state index in [1.165, 1.54) is 5.56 Å². The topological polar surface area (TPSA) is 76.1 Å². The van der Waals surface area contributed by atoms with Crippen LogP contribution in [0, 0.1) is 0 Å². The van der Waals surface area contributed by atoms with E-state index in [2.05, 4.69) is 40.7 Å². The Labute approximate surface area is 158 Å². The zero-order chi connectivity index (χ0) is 19.2. The van der Waals surface area contributed by atoms with Gasteiger partial charge in [-0.05, 0) is 47.9 Å². The van der Waals surface area contributed by atoms with Crippen molar-refractivity contribution in [2.24, 2.45) is 0 Å². The van der Waals surface area contributed by atoms with Crippen molar-refractivity contribution in [2.45, 2.75) is 19.8 Å². The summed E-state index contributed by atoms with van der Waals surface area (Å²) in [6.07, 6.45) is 0. The van der Waals surface area contributed by atoms with Crippen LogP contribution >= 0.6 is 0 Å². The summed E-state index contributed by atoms with van der Waals surface area (Å²) in [5.41, 5.74) is 2.69. The Morgan fingerprint density at radius 3 is 2.41 bits per heavy atom. The molecule has 27 heavy (non-hydrogen) atoms. The molecule has 0 spiro atoms. The van der Waals surface area contributed by atoms with E-state index in [1.807, 2.05) is 18.2 Å². The predicted molar refractivity (Wildman–Crippen MR) is 107 cm³/mol. The number of amides is 1. The second kappa shape index (κ2) is 8.31. The highest BCUT2D eigenvalue weighted by atomic mass is 16.5. The Morgan fingerprint density at radius 2 is 1.70 bits per heavy atom. The van der Waals surface area contributed by atoms with Crippen LogP contribution in [0.3, 0.4) is 0 Å². The molecule has 1 amide bonds. The van der Waals surface area contributed by atoms with E-state index in [0.29, 0.717) is 28.9 Å². The Morgan fingerprint density at radius 1 is 0.963 bits per heavy atom. The van der Waals surface area contributed by atoms with Gasteiger partial charge in [-0.3, -0.25) is 4.79 Å². The number of anilines is 3. The molecule has 138 valence electrons. The minimum absolute atomic E-state index is 0.269. The lowest BCUT2D eigenvalue weighted by atomic mass is 10.0. The number of hydrogen-bond donors (Lipinski definition) is 2. The van der Waals surface area contributed by atoms with Crippen molar-refractivity contribution >= 4 is 23.2 Å². The molecule has 0 radical (unpaired) electrons. The molecule has 6 nitrogen and oxygen atoms in total. The normalized spacial score (nSPS) is 10.5. The van der Waals surface area contributed by atoms with Crippen molar-refractivity contribution in [3.05, 3.63) is 71.8 Å². The zero-order valence-corrected chi connectivity index (χ0v) is 15.6. The summed E-state index contributed by atoms with van der Waals surface area (Å²) in [5, 5.41) is 14.2. The summed E-state index contributed by atoms with van der Waals surface area (Å²) in [5.74, 6) is 1.74. The fourth-order valence-electron chi connectivity index (χ4n) is 2.67. The molecule has 1 aromatic heterocycles. The number of rotatable bonds is 6. The number of ether oxygens (including phenoxy) is 1. The Balaban J connectivity index is 1.69. The van der Waals surface area contributed by atoms with Gasteiger partial charge in [0.05, 0.1) is 7.11 Å². The van der Waals surface area contributed by atoms with E-state index in [0.717, 1.165) is 5.69 Å². The van der Waals surface area contributed by atoms with Crippen molar-refractivity contribution in [3.8, 4) is 5.75 Å². The van der Waals surface area contributed by atoms with Crippen molar-refractivity contribution in [1.82, 2.24) is 10.2 Å². The number of para-hydroxylation sites is 1. The van der Waals surface area contributed by atoms with Crippen LogP contribution < -0.4 is 15.4 Å². The summed E-state index contributed by atoms with van der Waals surface area (Å²) in [4.78, 5) is 12.3. The quantitative estimate of drug-likeness (QED) is 0.670. The van der Waals surface area contributed by atoms with Crippen LogP contribution in [0.5, 0.6) is 5.75 Å². The molecule has 0 saturated carbocycles. The van der Waals surface area contributed by atoms with E-state index >= 15 is 0 Å². The molecular weight excluding hydrogens is 340 g/mol. The molecule has 0 fully saturated rings. The van der Waals surface area contributed by atoms with Crippen molar-refractivity contribution in [2.75, 3.05) is 17.7 Å². The molecule has 0 atom stereocenters. The lowest BCUT2D eigenvalue weighted by Gasteiger charge is -2.13. The van der Waals surface area contributed by atoms with Gasteiger partial charge in [-0.15, -0.1) is 10.2 Å². The first-order valence-electron chi connectivity index (χ1n) is 8.72. The maximum atomic E-state index is 12.3. The van der Waals surface area contributed by atoms with Crippen LogP contribution in [-0.2, 0) is 0 Å². The fraction of sp³-hybridized carbons (Fsp3) is 0.190. The largest absolute Gasteiger partial charge is 0.497 e.